The van der Waals surface area contributed by atoms with Gasteiger partial charge in [-0.25, -0.2) is 9.07 Å². The third-order valence-electron chi connectivity index (χ3n) is 6.15. The van der Waals surface area contributed by atoms with Crippen molar-refractivity contribution < 1.29 is 4.39 Å². The van der Waals surface area contributed by atoms with Crippen molar-refractivity contribution >= 4 is 16.5 Å². The first-order valence-electron chi connectivity index (χ1n) is 10.9. The molecule has 5 heteroatoms. The lowest BCUT2D eigenvalue weighted by Gasteiger charge is -2.20. The quantitative estimate of drug-likeness (QED) is 0.367. The van der Waals surface area contributed by atoms with Crippen molar-refractivity contribution in [2.45, 2.75) is 13.0 Å². The summed E-state index contributed by atoms with van der Waals surface area (Å²) in [5.74, 6) is -0.310. The average molecular weight is 438 g/mol. The standard InChI is InChI=1S/C28H24FN3O/c1-19-26(28(33)32(31(19)2)25-10-4-3-5-11-25)27(21-12-15-23(29)16-13-21)30-24-17-14-20-8-6-7-9-22(20)18-24/h3-18,27,30H,1-2H3/t27-/m0/s1. The first kappa shape index (κ1) is 20.8. The van der Waals surface area contributed by atoms with Crippen LogP contribution in [0.2, 0.25) is 0 Å². The van der Waals surface area contributed by atoms with Crippen molar-refractivity contribution in [2.24, 2.45) is 7.05 Å². The Morgan fingerprint density at radius 2 is 1.48 bits per heavy atom. The van der Waals surface area contributed by atoms with Crippen LogP contribution < -0.4 is 10.9 Å². The number of nitrogens with one attached hydrogen (secondary N) is 1. The summed E-state index contributed by atoms with van der Waals surface area (Å²) in [5.41, 5.74) is 3.85. The largest absolute Gasteiger partial charge is 0.374 e. The van der Waals surface area contributed by atoms with Crippen LogP contribution in [0.3, 0.4) is 0 Å². The highest BCUT2D eigenvalue weighted by Gasteiger charge is 2.25. The smallest absolute Gasteiger partial charge is 0.277 e. The van der Waals surface area contributed by atoms with Crippen LogP contribution in [0, 0.1) is 12.7 Å². The molecule has 1 atom stereocenters. The lowest BCUT2D eigenvalue weighted by atomic mass is 9.98. The minimum absolute atomic E-state index is 0.108. The lowest BCUT2D eigenvalue weighted by Crippen LogP contribution is -2.24. The van der Waals surface area contributed by atoms with Gasteiger partial charge < -0.3 is 5.32 Å². The zero-order chi connectivity index (χ0) is 22.9. The highest BCUT2D eigenvalue weighted by atomic mass is 19.1. The summed E-state index contributed by atoms with van der Waals surface area (Å²) in [4.78, 5) is 13.7. The summed E-state index contributed by atoms with van der Waals surface area (Å²) in [5, 5.41) is 5.79. The molecule has 5 aromatic rings. The first-order valence-corrected chi connectivity index (χ1v) is 10.9. The van der Waals surface area contributed by atoms with E-state index in [4.69, 9.17) is 0 Å². The summed E-state index contributed by atoms with van der Waals surface area (Å²) in [6, 6.07) is 29.7. The highest BCUT2D eigenvalue weighted by Crippen LogP contribution is 2.29. The number of benzene rings is 4. The van der Waals surface area contributed by atoms with Gasteiger partial charge in [-0.15, -0.1) is 0 Å². The van der Waals surface area contributed by atoms with Gasteiger partial charge in [0.2, 0.25) is 0 Å². The number of anilines is 1. The summed E-state index contributed by atoms with van der Waals surface area (Å²) >= 11 is 0. The van der Waals surface area contributed by atoms with E-state index in [2.05, 4.69) is 29.6 Å². The van der Waals surface area contributed by atoms with E-state index < -0.39 is 6.04 Å². The zero-order valence-corrected chi connectivity index (χ0v) is 18.5. The van der Waals surface area contributed by atoms with Crippen LogP contribution in [0.15, 0.2) is 102 Å². The van der Waals surface area contributed by atoms with Crippen molar-refractivity contribution in [3.8, 4) is 5.69 Å². The van der Waals surface area contributed by atoms with Crippen molar-refractivity contribution in [2.75, 3.05) is 5.32 Å². The van der Waals surface area contributed by atoms with Crippen LogP contribution in [-0.2, 0) is 7.05 Å². The number of halogens is 1. The Kier molecular flexibility index (Phi) is 5.31. The van der Waals surface area contributed by atoms with Crippen molar-refractivity contribution in [1.82, 2.24) is 9.36 Å². The molecule has 0 fully saturated rings. The highest BCUT2D eigenvalue weighted by molar-refractivity contribution is 5.85. The minimum atomic E-state index is -0.449. The maximum absolute atomic E-state index is 13.7. The Bertz CT molecular complexity index is 1480. The van der Waals surface area contributed by atoms with Gasteiger partial charge in [-0.05, 0) is 59.7 Å². The molecule has 164 valence electrons. The van der Waals surface area contributed by atoms with Crippen molar-refractivity contribution in [1.29, 1.82) is 0 Å². The van der Waals surface area contributed by atoms with Gasteiger partial charge in [-0.1, -0.05) is 60.7 Å². The number of fused-ring (bicyclic) bond motifs is 1. The fourth-order valence-electron chi connectivity index (χ4n) is 4.34. The van der Waals surface area contributed by atoms with Gasteiger partial charge >= 0.3 is 0 Å². The van der Waals surface area contributed by atoms with Gasteiger partial charge in [0.25, 0.3) is 5.56 Å². The van der Waals surface area contributed by atoms with Gasteiger partial charge in [0, 0.05) is 18.4 Å². The van der Waals surface area contributed by atoms with Crippen molar-refractivity contribution in [3.63, 3.8) is 0 Å². The molecule has 4 aromatic carbocycles. The Hall–Kier alpha value is -4.12. The topological polar surface area (TPSA) is 39.0 Å². The molecule has 33 heavy (non-hydrogen) atoms. The Balaban J connectivity index is 1.66. The Morgan fingerprint density at radius 1 is 0.818 bits per heavy atom. The number of nitrogens with zero attached hydrogens (tertiary/aromatic N) is 2. The Labute approximate surface area is 191 Å². The van der Waals surface area contributed by atoms with E-state index in [-0.39, 0.29) is 11.4 Å². The maximum atomic E-state index is 13.7. The van der Waals surface area contributed by atoms with E-state index in [1.54, 1.807) is 16.8 Å². The predicted molar refractivity (Wildman–Crippen MR) is 132 cm³/mol. The van der Waals surface area contributed by atoms with Gasteiger partial charge in [0.15, 0.2) is 0 Å². The minimum Gasteiger partial charge on any atom is -0.374 e. The lowest BCUT2D eigenvalue weighted by molar-refractivity contribution is 0.626. The molecule has 5 rings (SSSR count). The van der Waals surface area contributed by atoms with E-state index >= 15 is 0 Å². The van der Waals surface area contributed by atoms with Gasteiger partial charge in [-0.2, -0.15) is 0 Å². The third-order valence-corrected chi connectivity index (χ3v) is 6.15. The second-order valence-corrected chi connectivity index (χ2v) is 8.17. The van der Waals surface area contributed by atoms with E-state index in [1.165, 1.54) is 12.1 Å². The molecule has 0 amide bonds. The molecule has 0 aliphatic heterocycles. The molecule has 1 aromatic heterocycles. The molecular weight excluding hydrogens is 413 g/mol. The van der Waals surface area contributed by atoms with E-state index in [1.807, 2.05) is 67.2 Å². The van der Waals surface area contributed by atoms with E-state index in [0.29, 0.717) is 5.56 Å². The monoisotopic (exact) mass is 437 g/mol. The maximum Gasteiger partial charge on any atom is 0.277 e. The number of aromatic nitrogens is 2. The third kappa shape index (κ3) is 3.82. The van der Waals surface area contributed by atoms with Crippen LogP contribution in [0.25, 0.3) is 16.5 Å². The molecule has 0 radical (unpaired) electrons. The van der Waals surface area contributed by atoms with Crippen LogP contribution >= 0.6 is 0 Å². The molecule has 0 saturated heterocycles. The van der Waals surface area contributed by atoms with E-state index in [9.17, 15) is 9.18 Å². The van der Waals surface area contributed by atoms with Crippen LogP contribution in [0.4, 0.5) is 10.1 Å². The molecule has 1 heterocycles. The molecule has 0 aliphatic carbocycles. The molecule has 0 spiro atoms. The summed E-state index contributed by atoms with van der Waals surface area (Å²) in [6.07, 6.45) is 0. The van der Waals surface area contributed by atoms with Gasteiger partial charge in [0.1, 0.15) is 5.82 Å². The molecule has 0 saturated carbocycles. The van der Waals surface area contributed by atoms with Crippen molar-refractivity contribution in [3.05, 3.63) is 130 Å². The molecule has 4 nitrogen and oxygen atoms in total. The summed E-state index contributed by atoms with van der Waals surface area (Å²) in [7, 11) is 1.88. The number of para-hydroxylation sites is 1. The number of hydrogen-bond donors (Lipinski definition) is 1. The fraction of sp³-hybridized carbons (Fsp3) is 0.107. The molecule has 0 bridgehead atoms. The van der Waals surface area contributed by atoms with Crippen LogP contribution in [0.1, 0.15) is 22.9 Å². The second-order valence-electron chi connectivity index (χ2n) is 8.17. The predicted octanol–water partition coefficient (Wildman–Crippen LogP) is 5.98. The number of hydrogen-bond acceptors (Lipinski definition) is 2. The van der Waals surface area contributed by atoms with E-state index in [0.717, 1.165) is 33.4 Å². The molecule has 0 aliphatic rings. The van der Waals surface area contributed by atoms with Gasteiger partial charge in [-0.3, -0.25) is 9.48 Å². The second kappa shape index (κ2) is 8.43. The molecular formula is C28H24FN3O. The SMILES string of the molecule is Cc1c([C@@H](Nc2ccc3ccccc3c2)c2ccc(F)cc2)c(=O)n(-c2ccccc2)n1C. The molecule has 0 unspecified atom stereocenters. The summed E-state index contributed by atoms with van der Waals surface area (Å²) in [6.45, 7) is 1.94. The normalized spacial score (nSPS) is 12.1. The van der Waals surface area contributed by atoms with Crippen LogP contribution in [0.5, 0.6) is 0 Å². The zero-order valence-electron chi connectivity index (χ0n) is 18.5. The average Bonchev–Trinajstić information content (AvgIpc) is 3.06. The fourth-order valence-corrected chi connectivity index (χ4v) is 4.34. The molecule has 1 N–H and O–H groups in total. The van der Waals surface area contributed by atoms with Crippen LogP contribution in [-0.4, -0.2) is 9.36 Å². The number of rotatable bonds is 5. The summed E-state index contributed by atoms with van der Waals surface area (Å²) < 4.78 is 17.2. The van der Waals surface area contributed by atoms with Gasteiger partial charge in [0.05, 0.1) is 17.3 Å². The Morgan fingerprint density at radius 3 is 2.21 bits per heavy atom. The first-order chi connectivity index (χ1) is 16.0.